The Kier molecular flexibility index (Phi) is 3.53. The largest absolute Gasteiger partial charge is 0.308 e. The number of nitrogens with zero attached hydrogens (tertiary/aromatic N) is 5. The van der Waals surface area contributed by atoms with E-state index in [1.165, 1.54) is 0 Å². The molecule has 2 heterocycles. The zero-order valence-corrected chi connectivity index (χ0v) is 10.5. The molecule has 0 amide bonds. The van der Waals surface area contributed by atoms with Crippen molar-refractivity contribution in [3.63, 3.8) is 0 Å². The first kappa shape index (κ1) is 11.8. The Balaban J connectivity index is 2.03. The minimum atomic E-state index is 0.440. The molecular formula is C11H18N6. The molecule has 0 aromatic carbocycles. The van der Waals surface area contributed by atoms with Crippen LogP contribution < -0.4 is 5.32 Å². The van der Waals surface area contributed by atoms with E-state index in [1.807, 2.05) is 24.0 Å². The van der Waals surface area contributed by atoms with E-state index >= 15 is 0 Å². The second-order valence-corrected chi connectivity index (χ2v) is 4.35. The first-order valence-electron chi connectivity index (χ1n) is 5.73. The highest BCUT2D eigenvalue weighted by molar-refractivity contribution is 5.00. The number of aryl methyl sites for hydroxylation is 1. The lowest BCUT2D eigenvalue weighted by Crippen LogP contribution is -2.24. The van der Waals surface area contributed by atoms with Gasteiger partial charge in [0.25, 0.3) is 0 Å². The monoisotopic (exact) mass is 234 g/mol. The van der Waals surface area contributed by atoms with Gasteiger partial charge in [-0.2, -0.15) is 10.2 Å². The molecule has 6 nitrogen and oxygen atoms in total. The van der Waals surface area contributed by atoms with Gasteiger partial charge in [0.15, 0.2) is 0 Å². The topological polar surface area (TPSA) is 60.6 Å². The highest BCUT2D eigenvalue weighted by Gasteiger charge is 2.06. The van der Waals surface area contributed by atoms with E-state index in [4.69, 9.17) is 0 Å². The molecule has 0 saturated carbocycles. The maximum atomic E-state index is 4.33. The summed E-state index contributed by atoms with van der Waals surface area (Å²) in [5.41, 5.74) is 0.990. The smallest absolute Gasteiger partial charge is 0.141 e. The molecule has 1 N–H and O–H groups in total. The average Bonchev–Trinajstić information content (AvgIpc) is 2.86. The van der Waals surface area contributed by atoms with Crippen LogP contribution in [0.25, 0.3) is 0 Å². The summed E-state index contributed by atoms with van der Waals surface area (Å²) in [5.74, 6) is 0.935. The second kappa shape index (κ2) is 5.09. The molecular weight excluding hydrogens is 216 g/mol. The highest BCUT2D eigenvalue weighted by atomic mass is 15.4. The van der Waals surface area contributed by atoms with Crippen molar-refractivity contribution in [2.45, 2.75) is 33.0 Å². The van der Waals surface area contributed by atoms with E-state index in [-0.39, 0.29) is 0 Å². The van der Waals surface area contributed by atoms with Crippen LogP contribution in [0.3, 0.4) is 0 Å². The van der Waals surface area contributed by atoms with Crippen LogP contribution in [0.5, 0.6) is 0 Å². The SMILES string of the molecule is CC(C)NCc1ncnn1Cc1ccn(C)n1. The molecule has 2 aromatic heterocycles. The Labute approximate surface area is 101 Å². The molecule has 2 rings (SSSR count). The fraction of sp³-hybridized carbons (Fsp3) is 0.545. The van der Waals surface area contributed by atoms with Gasteiger partial charge < -0.3 is 5.32 Å². The third-order valence-corrected chi connectivity index (χ3v) is 2.44. The standard InChI is InChI=1S/C11H18N6/c1-9(2)12-6-11-13-8-14-17(11)7-10-4-5-16(3)15-10/h4-5,8-9,12H,6-7H2,1-3H3. The number of nitrogens with one attached hydrogen (secondary N) is 1. The molecule has 0 bridgehead atoms. The Bertz CT molecular complexity index is 470. The van der Waals surface area contributed by atoms with Crippen molar-refractivity contribution in [2.24, 2.45) is 7.05 Å². The van der Waals surface area contributed by atoms with Gasteiger partial charge in [-0.15, -0.1) is 0 Å². The van der Waals surface area contributed by atoms with E-state index < -0.39 is 0 Å². The van der Waals surface area contributed by atoms with Crippen LogP contribution in [-0.4, -0.2) is 30.6 Å². The van der Waals surface area contributed by atoms with Crippen molar-refractivity contribution in [3.05, 3.63) is 30.1 Å². The van der Waals surface area contributed by atoms with Crippen molar-refractivity contribution >= 4 is 0 Å². The lowest BCUT2D eigenvalue weighted by atomic mass is 10.4. The fourth-order valence-corrected chi connectivity index (χ4v) is 1.55. The molecule has 0 aliphatic rings. The molecule has 17 heavy (non-hydrogen) atoms. The molecule has 0 spiro atoms. The van der Waals surface area contributed by atoms with Crippen LogP contribution in [0, 0.1) is 0 Å². The van der Waals surface area contributed by atoms with Crippen LogP contribution in [0.15, 0.2) is 18.6 Å². The molecule has 6 heteroatoms. The number of hydrogen-bond donors (Lipinski definition) is 1. The summed E-state index contributed by atoms with van der Waals surface area (Å²) < 4.78 is 3.66. The minimum Gasteiger partial charge on any atom is -0.308 e. The van der Waals surface area contributed by atoms with Crippen molar-refractivity contribution in [2.75, 3.05) is 0 Å². The normalized spacial score (nSPS) is 11.3. The number of rotatable bonds is 5. The maximum Gasteiger partial charge on any atom is 0.141 e. The quantitative estimate of drug-likeness (QED) is 0.821. The minimum absolute atomic E-state index is 0.440. The molecule has 0 aliphatic carbocycles. The third kappa shape index (κ3) is 3.13. The van der Waals surface area contributed by atoms with E-state index in [9.17, 15) is 0 Å². The van der Waals surface area contributed by atoms with Gasteiger partial charge in [-0.05, 0) is 6.07 Å². The summed E-state index contributed by atoms with van der Waals surface area (Å²) in [4.78, 5) is 4.25. The van der Waals surface area contributed by atoms with Gasteiger partial charge in [-0.1, -0.05) is 13.8 Å². The van der Waals surface area contributed by atoms with E-state index in [1.54, 1.807) is 11.0 Å². The summed E-state index contributed by atoms with van der Waals surface area (Å²) in [7, 11) is 1.91. The van der Waals surface area contributed by atoms with Crippen molar-refractivity contribution in [3.8, 4) is 0 Å². The predicted octanol–water partition coefficient (Wildman–Crippen LogP) is 0.558. The van der Waals surface area contributed by atoms with Crippen LogP contribution >= 0.6 is 0 Å². The summed E-state index contributed by atoms with van der Waals surface area (Å²) in [6.45, 7) is 5.61. The maximum absolute atomic E-state index is 4.33. The number of aromatic nitrogens is 5. The Morgan fingerprint density at radius 1 is 1.41 bits per heavy atom. The molecule has 2 aromatic rings. The molecule has 0 fully saturated rings. The van der Waals surface area contributed by atoms with Crippen LogP contribution in [0.2, 0.25) is 0 Å². The van der Waals surface area contributed by atoms with Crippen LogP contribution in [0.4, 0.5) is 0 Å². The average molecular weight is 234 g/mol. The summed E-state index contributed by atoms with van der Waals surface area (Å²) in [5, 5.41) is 11.9. The number of hydrogen-bond acceptors (Lipinski definition) is 4. The van der Waals surface area contributed by atoms with E-state index in [2.05, 4.69) is 34.3 Å². The summed E-state index contributed by atoms with van der Waals surface area (Å²) in [6, 6.07) is 2.43. The molecule has 0 radical (unpaired) electrons. The zero-order valence-electron chi connectivity index (χ0n) is 10.5. The molecule has 0 aliphatic heterocycles. The molecule has 92 valence electrons. The first-order valence-corrected chi connectivity index (χ1v) is 5.73. The molecule has 0 atom stereocenters. The molecule has 0 unspecified atom stereocenters. The van der Waals surface area contributed by atoms with E-state index in [0.29, 0.717) is 12.6 Å². The van der Waals surface area contributed by atoms with Crippen molar-refractivity contribution < 1.29 is 0 Å². The van der Waals surface area contributed by atoms with Gasteiger partial charge in [0.1, 0.15) is 12.2 Å². The predicted molar refractivity (Wildman–Crippen MR) is 64.3 cm³/mol. The van der Waals surface area contributed by atoms with Gasteiger partial charge in [-0.25, -0.2) is 9.67 Å². The van der Waals surface area contributed by atoms with Crippen molar-refractivity contribution in [1.29, 1.82) is 0 Å². The van der Waals surface area contributed by atoms with Gasteiger partial charge in [0.05, 0.1) is 18.8 Å². The third-order valence-electron chi connectivity index (χ3n) is 2.44. The lowest BCUT2D eigenvalue weighted by molar-refractivity contribution is 0.534. The van der Waals surface area contributed by atoms with Crippen LogP contribution in [0.1, 0.15) is 25.4 Å². The Morgan fingerprint density at radius 2 is 2.24 bits per heavy atom. The second-order valence-electron chi connectivity index (χ2n) is 4.35. The first-order chi connectivity index (χ1) is 8.15. The highest BCUT2D eigenvalue weighted by Crippen LogP contribution is 2.01. The fourth-order valence-electron chi connectivity index (χ4n) is 1.55. The van der Waals surface area contributed by atoms with Gasteiger partial charge >= 0.3 is 0 Å². The van der Waals surface area contributed by atoms with Gasteiger partial charge in [0, 0.05) is 19.3 Å². The van der Waals surface area contributed by atoms with E-state index in [0.717, 1.165) is 18.1 Å². The van der Waals surface area contributed by atoms with Gasteiger partial charge in [-0.3, -0.25) is 4.68 Å². The Hall–Kier alpha value is -1.69. The van der Waals surface area contributed by atoms with Crippen molar-refractivity contribution in [1.82, 2.24) is 29.9 Å². The molecule has 0 saturated heterocycles. The summed E-state index contributed by atoms with van der Waals surface area (Å²) in [6.07, 6.45) is 3.51. The Morgan fingerprint density at radius 3 is 2.88 bits per heavy atom. The zero-order chi connectivity index (χ0) is 12.3. The van der Waals surface area contributed by atoms with Crippen LogP contribution in [-0.2, 0) is 20.1 Å². The summed E-state index contributed by atoms with van der Waals surface area (Å²) >= 11 is 0. The lowest BCUT2D eigenvalue weighted by Gasteiger charge is -2.08. The van der Waals surface area contributed by atoms with Gasteiger partial charge in [0.2, 0.25) is 0 Å².